The van der Waals surface area contributed by atoms with Gasteiger partial charge in [0.25, 0.3) is 0 Å². The van der Waals surface area contributed by atoms with E-state index in [9.17, 15) is 0 Å². The van der Waals surface area contributed by atoms with Gasteiger partial charge >= 0.3 is 0 Å². The number of nitrogens with one attached hydrogen (secondary N) is 1. The highest BCUT2D eigenvalue weighted by Gasteiger charge is 2.15. The Labute approximate surface area is 129 Å². The van der Waals surface area contributed by atoms with Crippen molar-refractivity contribution in [3.8, 4) is 0 Å². The molecule has 1 unspecified atom stereocenters. The van der Waals surface area contributed by atoms with Crippen molar-refractivity contribution < 1.29 is 0 Å². The lowest BCUT2D eigenvalue weighted by Crippen LogP contribution is -2.18. The largest absolute Gasteiger partial charge is 0.313 e. The van der Waals surface area contributed by atoms with Gasteiger partial charge in [0.1, 0.15) is 0 Å². The fraction of sp³-hybridized carbons (Fsp3) is 0.231. The van der Waals surface area contributed by atoms with E-state index >= 15 is 0 Å². The molecule has 1 N–H and O–H groups in total. The molecule has 0 bridgehead atoms. The molecule has 0 fully saturated rings. The number of benzene rings is 1. The van der Waals surface area contributed by atoms with Gasteiger partial charge < -0.3 is 5.32 Å². The molecule has 0 aliphatic heterocycles. The van der Waals surface area contributed by atoms with E-state index in [4.69, 9.17) is 23.2 Å². The molecule has 5 heteroatoms. The van der Waals surface area contributed by atoms with Crippen molar-refractivity contribution in [3.63, 3.8) is 0 Å². The second kappa shape index (κ2) is 6.40. The van der Waals surface area contributed by atoms with Crippen LogP contribution in [0.25, 0.3) is 0 Å². The van der Waals surface area contributed by atoms with Crippen molar-refractivity contribution in [3.05, 3.63) is 54.6 Å². The van der Waals surface area contributed by atoms with Gasteiger partial charge in [-0.05, 0) is 46.7 Å². The molecule has 0 aliphatic rings. The topological polar surface area (TPSA) is 12.0 Å². The number of likely N-dealkylation sites (N-methyl/N-ethyl adjacent to an activating group) is 1. The molecule has 0 saturated heterocycles. The van der Waals surface area contributed by atoms with E-state index < -0.39 is 0 Å². The Morgan fingerprint density at radius 2 is 2.06 bits per heavy atom. The van der Waals surface area contributed by atoms with Crippen LogP contribution in [0.5, 0.6) is 0 Å². The lowest BCUT2D eigenvalue weighted by atomic mass is 10.0. The molecule has 1 heterocycles. The van der Waals surface area contributed by atoms with E-state index in [1.807, 2.05) is 31.3 Å². The van der Waals surface area contributed by atoms with Crippen LogP contribution in [0.2, 0.25) is 9.36 Å². The van der Waals surface area contributed by atoms with E-state index in [1.165, 1.54) is 4.88 Å². The van der Waals surface area contributed by atoms with Crippen LogP contribution in [-0.4, -0.2) is 7.05 Å². The van der Waals surface area contributed by atoms with Crippen LogP contribution in [0.1, 0.15) is 16.5 Å². The summed E-state index contributed by atoms with van der Waals surface area (Å²) in [6.45, 7) is 0. The molecule has 0 radical (unpaired) electrons. The predicted molar refractivity (Wildman–Crippen MR) is 84.0 cm³/mol. The third-order valence-corrected chi connectivity index (χ3v) is 5.30. The summed E-state index contributed by atoms with van der Waals surface area (Å²) in [6.07, 6.45) is 0.879. The zero-order chi connectivity index (χ0) is 13.1. The zero-order valence-corrected chi connectivity index (χ0v) is 13.6. The molecule has 0 saturated carbocycles. The Balaban J connectivity index is 2.25. The van der Waals surface area contributed by atoms with E-state index in [0.717, 1.165) is 25.8 Å². The van der Waals surface area contributed by atoms with Crippen LogP contribution in [0.15, 0.2) is 34.8 Å². The van der Waals surface area contributed by atoms with Gasteiger partial charge in [-0.15, -0.1) is 11.3 Å². The van der Waals surface area contributed by atoms with Gasteiger partial charge in [-0.3, -0.25) is 0 Å². The number of thiophene rings is 1. The van der Waals surface area contributed by atoms with Crippen LogP contribution < -0.4 is 5.32 Å². The van der Waals surface area contributed by atoms with Gasteiger partial charge in [0.05, 0.1) is 9.36 Å². The second-order valence-corrected chi connectivity index (χ2v) is 6.93. The standard InChI is InChI=1S/C13H12BrCl2NS/c1-17-11(7-8-5-6-12(15)18-8)9-3-2-4-10(14)13(9)16/h2-6,11,17H,7H2,1H3. The molecule has 96 valence electrons. The van der Waals surface area contributed by atoms with E-state index in [-0.39, 0.29) is 6.04 Å². The maximum atomic E-state index is 6.33. The zero-order valence-electron chi connectivity index (χ0n) is 9.71. The molecule has 2 aromatic rings. The second-order valence-electron chi connectivity index (χ2n) is 3.89. The molecule has 0 amide bonds. The Morgan fingerprint density at radius 3 is 2.67 bits per heavy atom. The number of hydrogen-bond acceptors (Lipinski definition) is 2. The van der Waals surface area contributed by atoms with Gasteiger partial charge in [-0.25, -0.2) is 0 Å². The molecule has 2 rings (SSSR count). The minimum absolute atomic E-state index is 0.185. The maximum Gasteiger partial charge on any atom is 0.0931 e. The molecule has 1 aromatic heterocycles. The summed E-state index contributed by atoms with van der Waals surface area (Å²) in [6, 6.07) is 10.2. The normalized spacial score (nSPS) is 12.7. The van der Waals surface area contributed by atoms with Crippen molar-refractivity contribution >= 4 is 50.5 Å². The lowest BCUT2D eigenvalue weighted by molar-refractivity contribution is 0.596. The first-order chi connectivity index (χ1) is 8.61. The van der Waals surface area contributed by atoms with Crippen LogP contribution >= 0.6 is 50.5 Å². The summed E-state index contributed by atoms with van der Waals surface area (Å²) < 4.78 is 1.74. The Morgan fingerprint density at radius 1 is 1.28 bits per heavy atom. The Hall–Kier alpha value is -0.0600. The van der Waals surface area contributed by atoms with Crippen molar-refractivity contribution in [1.82, 2.24) is 5.32 Å². The molecular weight excluding hydrogens is 353 g/mol. The number of hydrogen-bond donors (Lipinski definition) is 1. The van der Waals surface area contributed by atoms with Crippen LogP contribution in [0.4, 0.5) is 0 Å². The fourth-order valence-electron chi connectivity index (χ4n) is 1.82. The summed E-state index contributed by atoms with van der Waals surface area (Å²) in [4.78, 5) is 1.25. The van der Waals surface area contributed by atoms with E-state index in [1.54, 1.807) is 11.3 Å². The summed E-state index contributed by atoms with van der Waals surface area (Å²) >= 11 is 17.3. The molecule has 1 aromatic carbocycles. The average Bonchev–Trinajstić information content (AvgIpc) is 2.76. The molecule has 1 nitrogen and oxygen atoms in total. The van der Waals surface area contributed by atoms with Crippen molar-refractivity contribution in [2.24, 2.45) is 0 Å². The lowest BCUT2D eigenvalue weighted by Gasteiger charge is -2.17. The Kier molecular flexibility index (Phi) is 5.10. The summed E-state index contributed by atoms with van der Waals surface area (Å²) in [5.74, 6) is 0. The van der Waals surface area contributed by atoms with Crippen molar-refractivity contribution in [1.29, 1.82) is 0 Å². The highest BCUT2D eigenvalue weighted by Crippen LogP contribution is 2.33. The first kappa shape index (κ1) is 14.4. The molecule has 18 heavy (non-hydrogen) atoms. The van der Waals surface area contributed by atoms with Crippen LogP contribution in [-0.2, 0) is 6.42 Å². The third kappa shape index (κ3) is 3.28. The van der Waals surface area contributed by atoms with E-state index in [0.29, 0.717) is 0 Å². The van der Waals surface area contributed by atoms with Crippen molar-refractivity contribution in [2.75, 3.05) is 7.05 Å². The Bertz CT molecular complexity index is 542. The van der Waals surface area contributed by atoms with Gasteiger partial charge in [-0.1, -0.05) is 35.3 Å². The van der Waals surface area contributed by atoms with Crippen LogP contribution in [0, 0.1) is 0 Å². The highest BCUT2D eigenvalue weighted by atomic mass is 79.9. The summed E-state index contributed by atoms with van der Waals surface area (Å²) in [5, 5.41) is 4.07. The van der Waals surface area contributed by atoms with Gasteiger partial charge in [0.15, 0.2) is 0 Å². The van der Waals surface area contributed by atoms with Gasteiger partial charge in [0, 0.05) is 21.8 Å². The van der Waals surface area contributed by atoms with E-state index in [2.05, 4.69) is 27.3 Å². The van der Waals surface area contributed by atoms with Crippen LogP contribution in [0.3, 0.4) is 0 Å². The number of halogens is 3. The minimum atomic E-state index is 0.185. The predicted octanol–water partition coefficient (Wildman–Crippen LogP) is 5.32. The smallest absolute Gasteiger partial charge is 0.0931 e. The third-order valence-electron chi connectivity index (χ3n) is 2.74. The molecule has 0 aliphatic carbocycles. The SMILES string of the molecule is CNC(Cc1ccc(Cl)s1)c1cccc(Br)c1Cl. The summed E-state index contributed by atoms with van der Waals surface area (Å²) in [7, 11) is 1.94. The minimum Gasteiger partial charge on any atom is -0.313 e. The molecule has 1 atom stereocenters. The van der Waals surface area contributed by atoms with Crippen molar-refractivity contribution in [2.45, 2.75) is 12.5 Å². The van der Waals surface area contributed by atoms with Gasteiger partial charge in [0.2, 0.25) is 0 Å². The van der Waals surface area contributed by atoms with Gasteiger partial charge in [-0.2, -0.15) is 0 Å². The first-order valence-electron chi connectivity index (χ1n) is 5.47. The first-order valence-corrected chi connectivity index (χ1v) is 7.83. The monoisotopic (exact) mass is 363 g/mol. The average molecular weight is 365 g/mol. The quantitative estimate of drug-likeness (QED) is 0.773. The fourth-order valence-corrected chi connectivity index (χ4v) is 3.59. The molecular formula is C13H12BrCl2NS. The maximum absolute atomic E-state index is 6.33. The molecule has 0 spiro atoms. The highest BCUT2D eigenvalue weighted by molar-refractivity contribution is 9.10. The number of rotatable bonds is 4. The summed E-state index contributed by atoms with van der Waals surface area (Å²) in [5.41, 5.74) is 1.10.